The fourth-order valence-electron chi connectivity index (χ4n) is 1.39. The molecular formula is C13H17BrN2O2S. The summed E-state index contributed by atoms with van der Waals surface area (Å²) in [7, 11) is 0. The lowest BCUT2D eigenvalue weighted by Gasteiger charge is -2.20. The maximum Gasteiger partial charge on any atom is 0.412 e. The van der Waals surface area contributed by atoms with E-state index in [-0.39, 0.29) is 0 Å². The number of carbonyl (C=O) groups is 1. The molecule has 4 nitrogen and oxygen atoms in total. The maximum atomic E-state index is 11.7. The van der Waals surface area contributed by atoms with E-state index in [1.165, 1.54) is 0 Å². The van der Waals surface area contributed by atoms with Gasteiger partial charge < -0.3 is 10.5 Å². The highest BCUT2D eigenvalue weighted by Crippen LogP contribution is 2.24. The van der Waals surface area contributed by atoms with Crippen LogP contribution in [0.1, 0.15) is 26.3 Å². The molecule has 1 rings (SSSR count). The van der Waals surface area contributed by atoms with Crippen molar-refractivity contribution in [3.8, 4) is 0 Å². The van der Waals surface area contributed by atoms with Crippen LogP contribution in [0.4, 0.5) is 10.5 Å². The third-order valence-electron chi connectivity index (χ3n) is 2.04. The molecule has 0 saturated heterocycles. The van der Waals surface area contributed by atoms with Gasteiger partial charge in [-0.15, -0.1) is 0 Å². The van der Waals surface area contributed by atoms with Crippen molar-refractivity contribution >= 4 is 44.9 Å². The van der Waals surface area contributed by atoms with E-state index in [2.05, 4.69) is 21.2 Å². The van der Waals surface area contributed by atoms with E-state index in [0.29, 0.717) is 17.1 Å². The van der Waals surface area contributed by atoms with Crippen molar-refractivity contribution < 1.29 is 9.53 Å². The second kappa shape index (κ2) is 6.34. The standard InChI is InChI=1S/C13H17BrN2O2S/c1-13(2,3)18-12(17)16-10-6-8(7-11(15)19)4-5-9(10)14/h4-6H,7H2,1-3H3,(H2,15,19)(H,16,17). The molecule has 6 heteroatoms. The fraction of sp³-hybridized carbons (Fsp3) is 0.385. The Bertz CT molecular complexity index is 498. The van der Waals surface area contributed by atoms with E-state index >= 15 is 0 Å². The second-order valence-corrected chi connectivity index (χ2v) is 6.46. The zero-order chi connectivity index (χ0) is 14.6. The first-order valence-electron chi connectivity index (χ1n) is 5.74. The van der Waals surface area contributed by atoms with Gasteiger partial charge in [-0.25, -0.2) is 4.79 Å². The van der Waals surface area contributed by atoms with Gasteiger partial charge in [0.1, 0.15) is 5.60 Å². The summed E-state index contributed by atoms with van der Waals surface area (Å²) in [5.41, 5.74) is 6.53. The highest BCUT2D eigenvalue weighted by molar-refractivity contribution is 9.10. The molecule has 0 bridgehead atoms. The summed E-state index contributed by atoms with van der Waals surface area (Å²) >= 11 is 8.24. The maximum absolute atomic E-state index is 11.7. The molecule has 1 aromatic rings. The van der Waals surface area contributed by atoms with E-state index in [0.717, 1.165) is 10.0 Å². The molecule has 0 unspecified atom stereocenters. The first-order chi connectivity index (χ1) is 8.67. The lowest BCUT2D eigenvalue weighted by atomic mass is 10.1. The number of hydrogen-bond acceptors (Lipinski definition) is 3. The Morgan fingerprint density at radius 3 is 2.63 bits per heavy atom. The zero-order valence-electron chi connectivity index (χ0n) is 11.1. The molecule has 0 aliphatic rings. The molecule has 0 aliphatic heterocycles. The van der Waals surface area contributed by atoms with Crippen molar-refractivity contribution in [1.82, 2.24) is 0 Å². The SMILES string of the molecule is CC(C)(C)OC(=O)Nc1cc(CC(N)=S)ccc1Br. The Labute approximate surface area is 126 Å². The predicted octanol–water partition coefficient (Wildman–Crippen LogP) is 3.62. The number of rotatable bonds is 3. The predicted molar refractivity (Wildman–Crippen MR) is 84.5 cm³/mol. The molecule has 1 amide bonds. The third kappa shape index (κ3) is 6.02. The van der Waals surface area contributed by atoms with Crippen molar-refractivity contribution in [2.45, 2.75) is 32.8 Å². The van der Waals surface area contributed by atoms with Gasteiger partial charge in [-0.3, -0.25) is 5.32 Å². The van der Waals surface area contributed by atoms with Gasteiger partial charge in [-0.05, 0) is 54.4 Å². The number of benzene rings is 1. The summed E-state index contributed by atoms with van der Waals surface area (Å²) in [6.45, 7) is 5.43. The van der Waals surface area contributed by atoms with Gasteiger partial charge in [0, 0.05) is 10.9 Å². The number of halogens is 1. The van der Waals surface area contributed by atoms with Crippen molar-refractivity contribution in [1.29, 1.82) is 0 Å². The largest absolute Gasteiger partial charge is 0.444 e. The fourth-order valence-corrected chi connectivity index (χ4v) is 1.91. The van der Waals surface area contributed by atoms with E-state index in [4.69, 9.17) is 22.7 Å². The second-order valence-electron chi connectivity index (χ2n) is 5.08. The number of nitrogens with one attached hydrogen (secondary N) is 1. The monoisotopic (exact) mass is 344 g/mol. The van der Waals surface area contributed by atoms with Crippen LogP contribution in [0.3, 0.4) is 0 Å². The molecule has 0 heterocycles. The summed E-state index contributed by atoms with van der Waals surface area (Å²) in [4.78, 5) is 12.1. The molecule has 3 N–H and O–H groups in total. The van der Waals surface area contributed by atoms with E-state index < -0.39 is 11.7 Å². The van der Waals surface area contributed by atoms with Crippen LogP contribution < -0.4 is 11.1 Å². The number of hydrogen-bond donors (Lipinski definition) is 2. The van der Waals surface area contributed by atoms with Crippen molar-refractivity contribution in [2.75, 3.05) is 5.32 Å². The lowest BCUT2D eigenvalue weighted by molar-refractivity contribution is 0.0636. The van der Waals surface area contributed by atoms with Crippen molar-refractivity contribution in [3.63, 3.8) is 0 Å². The first-order valence-corrected chi connectivity index (χ1v) is 6.94. The topological polar surface area (TPSA) is 64.3 Å². The molecule has 0 radical (unpaired) electrons. The minimum atomic E-state index is -0.535. The van der Waals surface area contributed by atoms with Gasteiger partial charge in [0.05, 0.1) is 10.7 Å². The molecule has 0 atom stereocenters. The average molecular weight is 345 g/mol. The van der Waals surface area contributed by atoms with Gasteiger partial charge >= 0.3 is 6.09 Å². The minimum absolute atomic E-state index is 0.408. The third-order valence-corrected chi connectivity index (χ3v) is 2.88. The molecule has 0 saturated carbocycles. The summed E-state index contributed by atoms with van der Waals surface area (Å²) in [6, 6.07) is 5.54. The average Bonchev–Trinajstić information content (AvgIpc) is 2.19. The van der Waals surface area contributed by atoms with Crippen LogP contribution in [0.25, 0.3) is 0 Å². The zero-order valence-corrected chi connectivity index (χ0v) is 13.5. The van der Waals surface area contributed by atoms with E-state index in [1.54, 1.807) is 0 Å². The normalized spacial score (nSPS) is 10.9. The Balaban J connectivity index is 2.82. The van der Waals surface area contributed by atoms with Crippen LogP contribution in [0.5, 0.6) is 0 Å². The Hall–Kier alpha value is -1.14. The van der Waals surface area contributed by atoms with E-state index in [1.807, 2.05) is 39.0 Å². The molecule has 1 aromatic carbocycles. The quantitative estimate of drug-likeness (QED) is 0.822. The molecule has 0 spiro atoms. The molecule has 104 valence electrons. The Kier molecular flexibility index (Phi) is 5.31. The lowest BCUT2D eigenvalue weighted by Crippen LogP contribution is -2.27. The summed E-state index contributed by atoms with van der Waals surface area (Å²) in [5.74, 6) is 0. The smallest absolute Gasteiger partial charge is 0.412 e. The van der Waals surface area contributed by atoms with Gasteiger partial charge in [0.15, 0.2) is 0 Å². The number of amides is 1. The van der Waals surface area contributed by atoms with Gasteiger partial charge in [-0.2, -0.15) is 0 Å². The number of nitrogens with two attached hydrogens (primary N) is 1. The molecular weight excluding hydrogens is 328 g/mol. The Morgan fingerprint density at radius 2 is 2.11 bits per heavy atom. The van der Waals surface area contributed by atoms with Gasteiger partial charge in [0.2, 0.25) is 0 Å². The highest BCUT2D eigenvalue weighted by Gasteiger charge is 2.17. The van der Waals surface area contributed by atoms with Crippen LogP contribution in [-0.4, -0.2) is 16.7 Å². The first kappa shape index (κ1) is 15.9. The summed E-state index contributed by atoms with van der Waals surface area (Å²) in [5, 5.41) is 2.69. The van der Waals surface area contributed by atoms with Gasteiger partial charge in [-0.1, -0.05) is 18.3 Å². The summed E-state index contributed by atoms with van der Waals surface area (Å²) in [6.07, 6.45) is -0.00770. The highest BCUT2D eigenvalue weighted by atomic mass is 79.9. The van der Waals surface area contributed by atoms with Gasteiger partial charge in [0.25, 0.3) is 0 Å². The molecule has 0 fully saturated rings. The minimum Gasteiger partial charge on any atom is -0.444 e. The van der Waals surface area contributed by atoms with Crippen molar-refractivity contribution in [2.24, 2.45) is 5.73 Å². The number of carbonyl (C=O) groups excluding carboxylic acids is 1. The summed E-state index contributed by atoms with van der Waals surface area (Å²) < 4.78 is 5.96. The van der Waals surface area contributed by atoms with Crippen LogP contribution >= 0.6 is 28.1 Å². The Morgan fingerprint density at radius 1 is 1.47 bits per heavy atom. The van der Waals surface area contributed by atoms with E-state index in [9.17, 15) is 4.79 Å². The molecule has 0 aromatic heterocycles. The number of thiocarbonyl (C=S) groups is 1. The molecule has 19 heavy (non-hydrogen) atoms. The van der Waals surface area contributed by atoms with Crippen LogP contribution in [0, 0.1) is 0 Å². The van der Waals surface area contributed by atoms with Crippen LogP contribution in [0.2, 0.25) is 0 Å². The molecule has 0 aliphatic carbocycles. The van der Waals surface area contributed by atoms with Crippen LogP contribution in [-0.2, 0) is 11.2 Å². The van der Waals surface area contributed by atoms with Crippen LogP contribution in [0.15, 0.2) is 22.7 Å². The van der Waals surface area contributed by atoms with Crippen molar-refractivity contribution in [3.05, 3.63) is 28.2 Å². The number of ether oxygens (including phenoxy) is 1. The number of anilines is 1.